The molecule has 0 aromatic heterocycles. The van der Waals surface area contributed by atoms with Crippen molar-refractivity contribution in [1.29, 1.82) is 0 Å². The van der Waals surface area contributed by atoms with Crippen LogP contribution in [0.1, 0.15) is 51.0 Å². The van der Waals surface area contributed by atoms with Crippen molar-refractivity contribution < 1.29 is 29.0 Å². The fourth-order valence-corrected chi connectivity index (χ4v) is 3.25. The van der Waals surface area contributed by atoms with E-state index in [1.54, 1.807) is 13.0 Å². The normalized spacial score (nSPS) is 13.2. The second-order valence-corrected chi connectivity index (χ2v) is 8.50. The molecule has 0 saturated carbocycles. The Morgan fingerprint density at radius 3 is 2.46 bits per heavy atom. The highest BCUT2D eigenvalue weighted by molar-refractivity contribution is 5.86. The van der Waals surface area contributed by atoms with Gasteiger partial charge < -0.3 is 25.2 Å². The fourth-order valence-electron chi connectivity index (χ4n) is 3.25. The molecule has 0 fully saturated rings. The molecule has 194 valence electrons. The first-order valence-electron chi connectivity index (χ1n) is 12.1. The van der Waals surface area contributed by atoms with Crippen molar-refractivity contribution in [1.82, 2.24) is 10.6 Å². The van der Waals surface area contributed by atoms with E-state index >= 15 is 0 Å². The van der Waals surface area contributed by atoms with Crippen LogP contribution in [-0.4, -0.2) is 54.8 Å². The lowest BCUT2D eigenvalue weighted by molar-refractivity contribution is -0.146. The average Bonchev–Trinajstić information content (AvgIpc) is 2.85. The van der Waals surface area contributed by atoms with Crippen molar-refractivity contribution in [2.75, 3.05) is 19.8 Å². The fraction of sp³-hybridized carbons (Fsp3) is 0.519. The van der Waals surface area contributed by atoms with Gasteiger partial charge in [-0.3, -0.25) is 14.4 Å². The highest BCUT2D eigenvalue weighted by Crippen LogP contribution is 2.11. The van der Waals surface area contributed by atoms with Gasteiger partial charge in [-0.2, -0.15) is 0 Å². The van der Waals surface area contributed by atoms with E-state index in [1.807, 2.05) is 36.4 Å². The Hall–Kier alpha value is -2.97. The minimum atomic E-state index is -0.648. The van der Waals surface area contributed by atoms with E-state index in [4.69, 9.17) is 14.6 Å². The molecule has 0 saturated heterocycles. The van der Waals surface area contributed by atoms with Crippen molar-refractivity contribution in [3.8, 4) is 0 Å². The molecule has 0 heterocycles. The molecule has 3 N–H and O–H groups in total. The van der Waals surface area contributed by atoms with Gasteiger partial charge in [-0.25, -0.2) is 0 Å². The molecule has 35 heavy (non-hydrogen) atoms. The summed E-state index contributed by atoms with van der Waals surface area (Å²) in [7, 11) is 0. The van der Waals surface area contributed by atoms with Crippen molar-refractivity contribution in [2.24, 2.45) is 5.92 Å². The van der Waals surface area contributed by atoms with Crippen molar-refractivity contribution in [2.45, 2.75) is 64.1 Å². The largest absolute Gasteiger partial charge is 0.463 e. The van der Waals surface area contributed by atoms with Crippen LogP contribution >= 0.6 is 0 Å². The van der Waals surface area contributed by atoms with Crippen LogP contribution in [0.4, 0.5) is 0 Å². The summed E-state index contributed by atoms with van der Waals surface area (Å²) in [6.07, 6.45) is 6.34. The third-order valence-corrected chi connectivity index (χ3v) is 5.20. The molecule has 0 aliphatic carbocycles. The molecule has 1 aromatic carbocycles. The molecule has 8 heteroatoms. The number of carbonyl (C=O) groups is 3. The number of benzene rings is 1. The summed E-state index contributed by atoms with van der Waals surface area (Å²) in [4.78, 5) is 37.3. The van der Waals surface area contributed by atoms with Gasteiger partial charge in [0.05, 0.1) is 31.8 Å². The summed E-state index contributed by atoms with van der Waals surface area (Å²) in [6, 6.07) is 8.63. The number of nitrogens with one attached hydrogen (secondary N) is 2. The molecular weight excluding hydrogens is 448 g/mol. The maximum absolute atomic E-state index is 13.0. The van der Waals surface area contributed by atoms with Gasteiger partial charge in [0.15, 0.2) is 0 Å². The second-order valence-electron chi connectivity index (χ2n) is 8.50. The third-order valence-electron chi connectivity index (χ3n) is 5.20. The second kappa shape index (κ2) is 18.4. The molecule has 3 unspecified atom stereocenters. The number of hydrogen-bond donors (Lipinski definition) is 3. The van der Waals surface area contributed by atoms with Crippen LogP contribution < -0.4 is 10.6 Å². The average molecular weight is 489 g/mol. The van der Waals surface area contributed by atoms with Gasteiger partial charge in [0.2, 0.25) is 11.8 Å². The first-order chi connectivity index (χ1) is 16.9. The zero-order chi connectivity index (χ0) is 25.9. The number of esters is 1. The van der Waals surface area contributed by atoms with Gasteiger partial charge in [-0.05, 0) is 38.2 Å². The van der Waals surface area contributed by atoms with Crippen LogP contribution in [0.25, 0.3) is 0 Å². The van der Waals surface area contributed by atoms with Gasteiger partial charge in [-0.15, -0.1) is 13.2 Å². The van der Waals surface area contributed by atoms with E-state index < -0.39 is 18.0 Å². The first kappa shape index (κ1) is 30.1. The molecule has 3 atom stereocenters. The van der Waals surface area contributed by atoms with Gasteiger partial charge in [0, 0.05) is 18.9 Å². The van der Waals surface area contributed by atoms with Crippen LogP contribution in [-0.2, 0) is 30.5 Å². The molecule has 0 bridgehead atoms. The number of carbonyl (C=O) groups excluding carboxylic acids is 3. The monoisotopic (exact) mass is 488 g/mol. The van der Waals surface area contributed by atoms with E-state index in [2.05, 4.69) is 23.8 Å². The van der Waals surface area contributed by atoms with E-state index in [9.17, 15) is 14.4 Å². The van der Waals surface area contributed by atoms with Crippen molar-refractivity contribution in [3.05, 3.63) is 61.2 Å². The van der Waals surface area contributed by atoms with Crippen molar-refractivity contribution >= 4 is 17.8 Å². The van der Waals surface area contributed by atoms with Crippen LogP contribution in [0, 0.1) is 5.92 Å². The number of rotatable bonds is 19. The highest BCUT2D eigenvalue weighted by atomic mass is 16.5. The standard InChI is InChI=1S/C27H40N2O6/c1-4-6-7-11-15-26(32)35-20-24(19-34-18-22-13-9-8-10-14-22)29-27(33)23(12-5-2)16-25(31)28-21(3)17-30/h4-5,8-10,13-14,21,23-24,30H,1-2,6-7,11-12,15-20H2,3H3,(H,28,31)(H,29,33). The molecule has 0 aliphatic heterocycles. The molecular formula is C27H40N2O6. The molecule has 8 nitrogen and oxygen atoms in total. The zero-order valence-corrected chi connectivity index (χ0v) is 20.7. The van der Waals surface area contributed by atoms with Crippen LogP contribution in [0.2, 0.25) is 0 Å². The number of allylic oxidation sites excluding steroid dienone is 2. The zero-order valence-electron chi connectivity index (χ0n) is 20.7. The Kier molecular flexibility index (Phi) is 15.8. The van der Waals surface area contributed by atoms with Crippen LogP contribution in [0.5, 0.6) is 0 Å². The predicted molar refractivity (Wildman–Crippen MR) is 135 cm³/mol. The minimum Gasteiger partial charge on any atom is -0.463 e. The molecule has 0 spiro atoms. The maximum atomic E-state index is 13.0. The Morgan fingerprint density at radius 2 is 1.80 bits per heavy atom. The van der Waals surface area contributed by atoms with Gasteiger partial charge in [0.25, 0.3) is 0 Å². The Morgan fingerprint density at radius 1 is 1.06 bits per heavy atom. The number of unbranched alkanes of at least 4 members (excludes halogenated alkanes) is 2. The lowest BCUT2D eigenvalue weighted by Gasteiger charge is -2.22. The van der Waals surface area contributed by atoms with Gasteiger partial charge in [0.1, 0.15) is 6.61 Å². The predicted octanol–water partition coefficient (Wildman–Crippen LogP) is 3.06. The summed E-state index contributed by atoms with van der Waals surface area (Å²) in [5, 5.41) is 14.6. The lowest BCUT2D eigenvalue weighted by atomic mass is 9.99. The van der Waals surface area contributed by atoms with Crippen LogP contribution in [0.3, 0.4) is 0 Å². The summed E-state index contributed by atoms with van der Waals surface area (Å²) in [5.74, 6) is -1.68. The van der Waals surface area contributed by atoms with E-state index in [0.29, 0.717) is 25.9 Å². The van der Waals surface area contributed by atoms with Gasteiger partial charge in [-0.1, -0.05) is 42.5 Å². The van der Waals surface area contributed by atoms with Crippen LogP contribution in [0.15, 0.2) is 55.6 Å². The molecule has 1 rings (SSSR count). The third kappa shape index (κ3) is 14.1. The quantitative estimate of drug-likeness (QED) is 0.157. The Bertz CT molecular complexity index is 783. The summed E-state index contributed by atoms with van der Waals surface area (Å²) in [6.45, 7) is 9.28. The Balaban J connectivity index is 2.71. The summed E-state index contributed by atoms with van der Waals surface area (Å²) < 4.78 is 11.2. The summed E-state index contributed by atoms with van der Waals surface area (Å²) >= 11 is 0. The number of ether oxygens (including phenoxy) is 2. The smallest absolute Gasteiger partial charge is 0.305 e. The van der Waals surface area contributed by atoms with Gasteiger partial charge >= 0.3 is 5.97 Å². The minimum absolute atomic E-state index is 0.0324. The lowest BCUT2D eigenvalue weighted by Crippen LogP contribution is -2.46. The first-order valence-corrected chi connectivity index (χ1v) is 12.1. The summed E-state index contributed by atoms with van der Waals surface area (Å²) in [5.41, 5.74) is 0.982. The van der Waals surface area contributed by atoms with E-state index in [-0.39, 0.29) is 44.0 Å². The molecule has 0 radical (unpaired) electrons. The van der Waals surface area contributed by atoms with E-state index in [0.717, 1.165) is 18.4 Å². The Labute approximate surface area is 208 Å². The number of hydrogen-bond acceptors (Lipinski definition) is 6. The SMILES string of the molecule is C=CCCCCC(=O)OCC(COCc1ccccc1)NC(=O)C(CC=C)CC(=O)NC(C)CO. The molecule has 1 aromatic rings. The topological polar surface area (TPSA) is 114 Å². The molecule has 2 amide bonds. The van der Waals surface area contributed by atoms with Crippen molar-refractivity contribution in [3.63, 3.8) is 0 Å². The molecule has 0 aliphatic rings. The van der Waals surface area contributed by atoms with E-state index in [1.165, 1.54) is 0 Å². The number of aliphatic hydroxyl groups is 1. The number of aliphatic hydroxyl groups excluding tert-OH is 1. The highest BCUT2D eigenvalue weighted by Gasteiger charge is 2.24. The maximum Gasteiger partial charge on any atom is 0.305 e. The number of amides is 2.